The van der Waals surface area contributed by atoms with E-state index in [1.807, 2.05) is 0 Å². The highest BCUT2D eigenvalue weighted by atomic mass is 16.4. The zero-order chi connectivity index (χ0) is 22.4. The Kier molecular flexibility index (Phi) is 6.81. The largest absolute Gasteiger partial charge is 0.480 e. The van der Waals surface area contributed by atoms with Gasteiger partial charge in [-0.3, -0.25) is 10.1 Å². The minimum absolute atomic E-state index is 0.238. The van der Waals surface area contributed by atoms with Crippen molar-refractivity contribution in [3.8, 4) is 0 Å². The fourth-order valence-corrected chi connectivity index (χ4v) is 9.53. The van der Waals surface area contributed by atoms with Crippen LogP contribution in [0.4, 0.5) is 0 Å². The van der Waals surface area contributed by atoms with Gasteiger partial charge < -0.3 is 10.2 Å². The van der Waals surface area contributed by atoms with Crippen LogP contribution in [0.5, 0.6) is 0 Å². The van der Waals surface area contributed by atoms with Gasteiger partial charge in [0, 0.05) is 6.04 Å². The van der Waals surface area contributed by atoms with Gasteiger partial charge in [-0.05, 0) is 104 Å². The second-order valence-electron chi connectivity index (χ2n) is 12.4. The van der Waals surface area contributed by atoms with Gasteiger partial charge in [0.15, 0.2) is 0 Å². The molecule has 0 heterocycles. The fraction of sp³-hybridized carbons (Fsp3) is 0.963. The Morgan fingerprint density at radius 1 is 1.03 bits per heavy atom. The highest BCUT2D eigenvalue weighted by Crippen LogP contribution is 2.68. The predicted molar refractivity (Wildman–Crippen MR) is 125 cm³/mol. The molecular formula is C27H47NO3. The Balaban J connectivity index is 1.46. The van der Waals surface area contributed by atoms with Crippen molar-refractivity contribution in [1.29, 1.82) is 0 Å². The average molecular weight is 434 g/mol. The van der Waals surface area contributed by atoms with Crippen molar-refractivity contribution in [2.45, 2.75) is 110 Å². The quantitative estimate of drug-likeness (QED) is 0.497. The molecule has 0 aliphatic heterocycles. The maximum atomic E-state index is 11.4. The molecule has 0 bridgehead atoms. The molecule has 0 radical (unpaired) electrons. The van der Waals surface area contributed by atoms with Crippen LogP contribution < -0.4 is 5.32 Å². The van der Waals surface area contributed by atoms with Crippen LogP contribution in [0.2, 0.25) is 0 Å². The van der Waals surface area contributed by atoms with Crippen LogP contribution in [0.1, 0.15) is 98.3 Å². The third-order valence-electron chi connectivity index (χ3n) is 11.1. The van der Waals surface area contributed by atoms with Crippen molar-refractivity contribution in [2.24, 2.45) is 46.3 Å². The molecule has 31 heavy (non-hydrogen) atoms. The summed E-state index contributed by atoms with van der Waals surface area (Å²) >= 11 is 0. The average Bonchev–Trinajstić information content (AvgIpc) is 3.09. The van der Waals surface area contributed by atoms with Gasteiger partial charge in [-0.2, -0.15) is 0 Å². The van der Waals surface area contributed by atoms with Crippen molar-refractivity contribution >= 4 is 5.97 Å². The number of aliphatic carboxylic acids is 1. The van der Waals surface area contributed by atoms with Gasteiger partial charge in [-0.25, -0.2) is 0 Å². The lowest BCUT2D eigenvalue weighted by Gasteiger charge is -2.61. The minimum atomic E-state index is -0.931. The third kappa shape index (κ3) is 3.98. The van der Waals surface area contributed by atoms with Gasteiger partial charge in [0.2, 0.25) is 0 Å². The zero-order valence-corrected chi connectivity index (χ0v) is 20.4. The molecule has 5 unspecified atom stereocenters. The molecule has 0 spiro atoms. The maximum absolute atomic E-state index is 11.4. The number of carbonyl (C=O) groups is 1. The monoisotopic (exact) mass is 433 g/mol. The van der Waals surface area contributed by atoms with Crippen LogP contribution in [0, 0.1) is 46.3 Å². The Morgan fingerprint density at radius 3 is 2.42 bits per heavy atom. The smallest absolute Gasteiger partial charge is 0.323 e. The SMILES string of the molecule is CCC[C@@H](C)[C@H]1CCC2C3CCC4CC(N[C@@H](CO)C(=O)O)CC[C@]4(C)C3CC[C@@]21C. The van der Waals surface area contributed by atoms with E-state index in [1.165, 1.54) is 57.8 Å². The highest BCUT2D eigenvalue weighted by molar-refractivity contribution is 5.73. The molecule has 4 nitrogen and oxygen atoms in total. The molecule has 4 rings (SSSR count). The first-order valence-corrected chi connectivity index (χ1v) is 13.3. The summed E-state index contributed by atoms with van der Waals surface area (Å²) in [5.41, 5.74) is 0.987. The van der Waals surface area contributed by atoms with E-state index in [-0.39, 0.29) is 12.6 Å². The van der Waals surface area contributed by atoms with Crippen molar-refractivity contribution in [2.75, 3.05) is 6.61 Å². The summed E-state index contributed by atoms with van der Waals surface area (Å²) in [5.74, 6) is 4.27. The Bertz CT molecular complexity index is 652. The van der Waals surface area contributed by atoms with E-state index < -0.39 is 12.0 Å². The lowest BCUT2D eigenvalue weighted by atomic mass is 9.44. The molecule has 4 fully saturated rings. The number of rotatable bonds is 7. The first kappa shape index (κ1) is 23.5. The minimum Gasteiger partial charge on any atom is -0.480 e. The van der Waals surface area contributed by atoms with Crippen LogP contribution >= 0.6 is 0 Å². The fourth-order valence-electron chi connectivity index (χ4n) is 9.53. The number of aliphatic hydroxyl groups excluding tert-OH is 1. The zero-order valence-electron chi connectivity index (χ0n) is 20.4. The summed E-state index contributed by atoms with van der Waals surface area (Å²) < 4.78 is 0. The summed E-state index contributed by atoms with van der Waals surface area (Å²) in [6.45, 7) is 9.79. The van der Waals surface area contributed by atoms with Crippen LogP contribution in [-0.2, 0) is 4.79 Å². The van der Waals surface area contributed by atoms with Gasteiger partial charge in [0.05, 0.1) is 6.61 Å². The molecule has 4 saturated carbocycles. The molecule has 178 valence electrons. The number of aliphatic hydroxyl groups is 1. The van der Waals surface area contributed by atoms with Crippen LogP contribution in [-0.4, -0.2) is 34.9 Å². The van der Waals surface area contributed by atoms with Crippen molar-refractivity contribution in [3.63, 3.8) is 0 Å². The van der Waals surface area contributed by atoms with Crippen molar-refractivity contribution in [3.05, 3.63) is 0 Å². The van der Waals surface area contributed by atoms with Crippen LogP contribution in [0.25, 0.3) is 0 Å². The Hall–Kier alpha value is -0.610. The topological polar surface area (TPSA) is 69.6 Å². The number of fused-ring (bicyclic) bond motifs is 5. The molecule has 0 saturated heterocycles. The molecule has 4 heteroatoms. The molecule has 0 aromatic carbocycles. The number of carboxylic acids is 1. The first-order chi connectivity index (χ1) is 14.7. The number of carboxylic acid groups (broad SMARTS) is 1. The first-order valence-electron chi connectivity index (χ1n) is 13.3. The number of hydrogen-bond acceptors (Lipinski definition) is 3. The Morgan fingerprint density at radius 2 is 1.74 bits per heavy atom. The summed E-state index contributed by atoms with van der Waals surface area (Å²) in [5, 5.41) is 22.0. The number of hydrogen-bond donors (Lipinski definition) is 3. The van der Waals surface area contributed by atoms with Crippen molar-refractivity contribution < 1.29 is 15.0 Å². The van der Waals surface area contributed by atoms with Gasteiger partial charge in [0.1, 0.15) is 6.04 Å². The Labute approximate surface area is 190 Å². The van der Waals surface area contributed by atoms with Gasteiger partial charge in [0.25, 0.3) is 0 Å². The van der Waals surface area contributed by atoms with E-state index in [0.717, 1.165) is 42.4 Å². The lowest BCUT2D eigenvalue weighted by molar-refractivity contribution is -0.141. The summed E-state index contributed by atoms with van der Waals surface area (Å²) in [7, 11) is 0. The normalized spacial score (nSPS) is 46.5. The second-order valence-corrected chi connectivity index (χ2v) is 12.4. The summed E-state index contributed by atoms with van der Waals surface area (Å²) in [6.07, 6.45) is 14.5. The lowest BCUT2D eigenvalue weighted by Crippen LogP contribution is -2.56. The highest BCUT2D eigenvalue weighted by Gasteiger charge is 2.60. The molecular weight excluding hydrogens is 386 g/mol. The second kappa shape index (κ2) is 8.97. The standard InChI is InChI=1S/C27H47NO3/c1-5-6-17(2)21-9-10-22-20-8-7-18-15-19(28-24(16-29)25(30)31)11-13-26(18,3)23(20)12-14-27(21,22)4/h17-24,28-29H,5-16H2,1-4H3,(H,30,31)/t17-,18?,19?,20?,21-,22?,23?,24+,26+,27-/m1/s1. The van der Waals surface area contributed by atoms with E-state index >= 15 is 0 Å². The molecule has 4 aliphatic rings. The molecule has 10 atom stereocenters. The number of nitrogens with one attached hydrogen (secondary N) is 1. The van der Waals surface area contributed by atoms with E-state index in [2.05, 4.69) is 33.0 Å². The van der Waals surface area contributed by atoms with Crippen LogP contribution in [0.15, 0.2) is 0 Å². The van der Waals surface area contributed by atoms with Gasteiger partial charge in [-0.15, -0.1) is 0 Å². The third-order valence-corrected chi connectivity index (χ3v) is 11.1. The molecule has 0 amide bonds. The van der Waals surface area contributed by atoms with Crippen molar-refractivity contribution in [1.82, 2.24) is 5.32 Å². The summed E-state index contributed by atoms with van der Waals surface area (Å²) in [6, 6.07) is -0.580. The molecule has 4 aliphatic carbocycles. The predicted octanol–water partition coefficient (Wildman–Crippen LogP) is 5.49. The van der Waals surface area contributed by atoms with E-state index in [9.17, 15) is 15.0 Å². The molecule has 0 aromatic rings. The molecule has 3 N–H and O–H groups in total. The van der Waals surface area contributed by atoms with Crippen LogP contribution in [0.3, 0.4) is 0 Å². The van der Waals surface area contributed by atoms with E-state index in [4.69, 9.17) is 0 Å². The van der Waals surface area contributed by atoms with Gasteiger partial charge in [-0.1, -0.05) is 40.5 Å². The summed E-state index contributed by atoms with van der Waals surface area (Å²) in [4.78, 5) is 11.4. The van der Waals surface area contributed by atoms with E-state index in [1.54, 1.807) is 0 Å². The molecule has 0 aromatic heterocycles. The van der Waals surface area contributed by atoms with Gasteiger partial charge >= 0.3 is 5.97 Å². The van der Waals surface area contributed by atoms with E-state index in [0.29, 0.717) is 16.7 Å². The maximum Gasteiger partial charge on any atom is 0.323 e.